The smallest absolute Gasteiger partial charge is 0.254 e. The molecule has 0 aliphatic carbocycles. The number of nitrogens with zero attached hydrogens (tertiary/aromatic N) is 3. The molecule has 1 saturated heterocycles. The van der Waals surface area contributed by atoms with Crippen molar-refractivity contribution < 1.29 is 23.2 Å². The topological polar surface area (TPSA) is 77.7 Å². The van der Waals surface area contributed by atoms with E-state index in [9.17, 15) is 9.18 Å². The highest BCUT2D eigenvalue weighted by atomic mass is 19.1. The van der Waals surface area contributed by atoms with Crippen molar-refractivity contribution in [3.8, 4) is 11.5 Å². The van der Waals surface area contributed by atoms with Crippen molar-refractivity contribution >= 4 is 5.91 Å². The summed E-state index contributed by atoms with van der Waals surface area (Å²) in [6.07, 6.45) is 0.526. The molecule has 0 spiro atoms. The molecule has 7 nitrogen and oxygen atoms in total. The summed E-state index contributed by atoms with van der Waals surface area (Å²) in [4.78, 5) is 18.5. The number of likely N-dealkylation sites (tertiary alicyclic amines) is 1. The van der Waals surface area contributed by atoms with Gasteiger partial charge in [0, 0.05) is 25.1 Å². The molecule has 30 heavy (non-hydrogen) atoms. The molecule has 4 rings (SSSR count). The molecule has 156 valence electrons. The van der Waals surface area contributed by atoms with Gasteiger partial charge in [0.2, 0.25) is 5.89 Å². The molecular formula is C22H22FN3O4. The Morgan fingerprint density at radius 1 is 1.27 bits per heavy atom. The third kappa shape index (κ3) is 4.27. The first kappa shape index (κ1) is 19.9. The monoisotopic (exact) mass is 411 g/mol. The summed E-state index contributed by atoms with van der Waals surface area (Å²) in [7, 11) is 1.38. The minimum absolute atomic E-state index is 0.0176. The molecule has 0 bridgehead atoms. The molecule has 0 radical (unpaired) electrons. The van der Waals surface area contributed by atoms with Gasteiger partial charge in [-0.1, -0.05) is 17.3 Å². The van der Waals surface area contributed by atoms with E-state index in [1.165, 1.54) is 19.2 Å². The van der Waals surface area contributed by atoms with E-state index in [-0.39, 0.29) is 23.1 Å². The lowest BCUT2D eigenvalue weighted by Gasteiger charge is -2.37. The molecule has 0 saturated carbocycles. The number of hydrogen-bond acceptors (Lipinski definition) is 6. The highest BCUT2D eigenvalue weighted by molar-refractivity contribution is 5.95. The van der Waals surface area contributed by atoms with E-state index < -0.39 is 5.82 Å². The molecule has 1 amide bonds. The molecule has 2 heterocycles. The van der Waals surface area contributed by atoms with Crippen LogP contribution in [-0.4, -0.2) is 47.8 Å². The third-order valence-electron chi connectivity index (χ3n) is 4.98. The molecule has 1 aliphatic heterocycles. The number of aryl methyl sites for hydroxylation is 1. The molecule has 8 heteroatoms. The van der Waals surface area contributed by atoms with E-state index in [2.05, 4.69) is 10.1 Å². The van der Waals surface area contributed by atoms with Crippen molar-refractivity contribution in [1.82, 2.24) is 15.0 Å². The van der Waals surface area contributed by atoms with Crippen molar-refractivity contribution in [2.24, 2.45) is 0 Å². The van der Waals surface area contributed by atoms with Crippen LogP contribution in [0.2, 0.25) is 0 Å². The van der Waals surface area contributed by atoms with Gasteiger partial charge in [-0.2, -0.15) is 4.98 Å². The molecule has 1 fully saturated rings. The maximum Gasteiger partial charge on any atom is 0.254 e. The second-order valence-electron chi connectivity index (χ2n) is 7.22. The Kier molecular flexibility index (Phi) is 5.65. The van der Waals surface area contributed by atoms with Gasteiger partial charge >= 0.3 is 0 Å². The van der Waals surface area contributed by atoms with E-state index >= 15 is 0 Å². The number of amides is 1. The Bertz CT molecular complexity index is 1050. The van der Waals surface area contributed by atoms with E-state index in [0.717, 1.165) is 11.3 Å². The Morgan fingerprint density at radius 2 is 2.10 bits per heavy atom. The summed E-state index contributed by atoms with van der Waals surface area (Å²) in [5.41, 5.74) is 1.42. The van der Waals surface area contributed by atoms with Crippen LogP contribution in [0.3, 0.4) is 0 Å². The van der Waals surface area contributed by atoms with Crippen molar-refractivity contribution in [3.05, 3.63) is 71.1 Å². The van der Waals surface area contributed by atoms with Gasteiger partial charge in [0.15, 0.2) is 17.4 Å². The van der Waals surface area contributed by atoms with Gasteiger partial charge in [-0.05, 0) is 42.8 Å². The predicted molar refractivity (Wildman–Crippen MR) is 106 cm³/mol. The quantitative estimate of drug-likeness (QED) is 0.593. The summed E-state index contributed by atoms with van der Waals surface area (Å²) in [5, 5.41) is 3.99. The maximum atomic E-state index is 13.8. The highest BCUT2D eigenvalue weighted by Gasteiger charge is 2.36. The molecule has 1 aromatic heterocycles. The minimum Gasteiger partial charge on any atom is -0.494 e. The van der Waals surface area contributed by atoms with Crippen LogP contribution in [0.25, 0.3) is 0 Å². The molecule has 0 unspecified atom stereocenters. The number of rotatable bonds is 7. The summed E-state index contributed by atoms with van der Waals surface area (Å²) in [6.45, 7) is 3.36. The number of carbonyl (C=O) groups is 1. The number of benzene rings is 2. The lowest BCUT2D eigenvalue weighted by molar-refractivity contribution is 0.0568. The number of carbonyl (C=O) groups excluding carboxylic acids is 1. The first-order valence-electron chi connectivity index (χ1n) is 9.68. The standard InChI is InChI=1S/C22H22FN3O4/c1-14-4-3-5-17(10-14)29-9-8-20-24-21(30-25-20)16-12-26(13-16)22(27)15-6-7-19(28-2)18(23)11-15/h3-7,10-11,16H,8-9,12-13H2,1-2H3. The fraction of sp³-hybridized carbons (Fsp3) is 0.318. The van der Waals surface area contributed by atoms with Crippen molar-refractivity contribution in [2.75, 3.05) is 26.8 Å². The van der Waals surface area contributed by atoms with Crippen molar-refractivity contribution in [3.63, 3.8) is 0 Å². The normalized spacial score (nSPS) is 13.8. The van der Waals surface area contributed by atoms with Crippen LogP contribution in [0.1, 0.15) is 33.6 Å². The predicted octanol–water partition coefficient (Wildman–Crippen LogP) is 3.39. The van der Waals surface area contributed by atoms with Crippen LogP contribution in [-0.2, 0) is 6.42 Å². The Hall–Kier alpha value is -3.42. The fourth-order valence-corrected chi connectivity index (χ4v) is 3.28. The van der Waals surface area contributed by atoms with Crippen LogP contribution < -0.4 is 9.47 Å². The largest absolute Gasteiger partial charge is 0.494 e. The van der Waals surface area contributed by atoms with Crippen LogP contribution >= 0.6 is 0 Å². The van der Waals surface area contributed by atoms with Crippen molar-refractivity contribution in [2.45, 2.75) is 19.3 Å². The average Bonchev–Trinajstić information content (AvgIpc) is 3.15. The van der Waals surface area contributed by atoms with Gasteiger partial charge in [-0.15, -0.1) is 0 Å². The Morgan fingerprint density at radius 3 is 2.83 bits per heavy atom. The summed E-state index contributed by atoms with van der Waals surface area (Å²) in [6, 6.07) is 12.0. The lowest BCUT2D eigenvalue weighted by Crippen LogP contribution is -2.48. The van der Waals surface area contributed by atoms with E-state index in [1.54, 1.807) is 11.0 Å². The second kappa shape index (κ2) is 8.52. The first-order chi connectivity index (χ1) is 14.5. The molecule has 2 aromatic carbocycles. The number of halogens is 1. The van der Waals surface area contributed by atoms with E-state index in [0.29, 0.717) is 37.8 Å². The molecule has 0 atom stereocenters. The Labute approximate surface area is 173 Å². The van der Waals surface area contributed by atoms with Crippen LogP contribution in [0.15, 0.2) is 47.0 Å². The Balaban J connectivity index is 1.27. The highest BCUT2D eigenvalue weighted by Crippen LogP contribution is 2.28. The van der Waals surface area contributed by atoms with Gasteiger partial charge in [0.05, 0.1) is 19.6 Å². The molecular weight excluding hydrogens is 389 g/mol. The summed E-state index contributed by atoms with van der Waals surface area (Å²) >= 11 is 0. The van der Waals surface area contributed by atoms with Gasteiger partial charge in [-0.3, -0.25) is 4.79 Å². The summed E-state index contributed by atoms with van der Waals surface area (Å²) < 4.78 is 29.8. The zero-order valence-corrected chi connectivity index (χ0v) is 16.8. The number of hydrogen-bond donors (Lipinski definition) is 0. The lowest BCUT2D eigenvalue weighted by atomic mass is 9.98. The van der Waals surface area contributed by atoms with Crippen LogP contribution in [0.4, 0.5) is 4.39 Å². The zero-order valence-electron chi connectivity index (χ0n) is 16.8. The van der Waals surface area contributed by atoms with Crippen LogP contribution in [0.5, 0.6) is 11.5 Å². The fourth-order valence-electron chi connectivity index (χ4n) is 3.28. The maximum absolute atomic E-state index is 13.8. The second-order valence-corrected chi connectivity index (χ2v) is 7.22. The average molecular weight is 411 g/mol. The van der Waals surface area contributed by atoms with E-state index in [1.807, 2.05) is 31.2 Å². The molecule has 0 N–H and O–H groups in total. The molecule has 3 aromatic rings. The third-order valence-corrected chi connectivity index (χ3v) is 4.98. The number of ether oxygens (including phenoxy) is 2. The number of aromatic nitrogens is 2. The first-order valence-corrected chi connectivity index (χ1v) is 9.68. The van der Waals surface area contributed by atoms with Gasteiger partial charge in [0.25, 0.3) is 5.91 Å². The number of methoxy groups -OCH3 is 1. The van der Waals surface area contributed by atoms with Crippen LogP contribution in [0, 0.1) is 12.7 Å². The van der Waals surface area contributed by atoms with E-state index in [4.69, 9.17) is 14.0 Å². The van der Waals surface area contributed by atoms with Gasteiger partial charge < -0.3 is 18.9 Å². The summed E-state index contributed by atoms with van der Waals surface area (Å²) in [5.74, 6) is 1.18. The zero-order chi connectivity index (χ0) is 21.1. The van der Waals surface area contributed by atoms with Crippen molar-refractivity contribution in [1.29, 1.82) is 0 Å². The van der Waals surface area contributed by atoms with Gasteiger partial charge in [-0.25, -0.2) is 4.39 Å². The van der Waals surface area contributed by atoms with Gasteiger partial charge in [0.1, 0.15) is 5.75 Å². The SMILES string of the molecule is COc1ccc(C(=O)N2CC(c3nc(CCOc4cccc(C)c4)no3)C2)cc1F. The minimum atomic E-state index is -0.560. The molecule has 1 aliphatic rings.